The average molecular weight is 296 g/mol. The van der Waals surface area contributed by atoms with E-state index in [1.54, 1.807) is 17.9 Å². The van der Waals surface area contributed by atoms with Gasteiger partial charge in [0.2, 0.25) is 0 Å². The molecule has 0 unspecified atom stereocenters. The van der Waals surface area contributed by atoms with Crippen LogP contribution in [0.5, 0.6) is 5.75 Å². The lowest BCUT2D eigenvalue weighted by Gasteiger charge is -2.08. The fraction of sp³-hybridized carbons (Fsp3) is 0.250. The van der Waals surface area contributed by atoms with E-state index in [2.05, 4.69) is 28.0 Å². The van der Waals surface area contributed by atoms with E-state index in [1.165, 1.54) is 0 Å². The van der Waals surface area contributed by atoms with E-state index < -0.39 is 0 Å². The highest BCUT2D eigenvalue weighted by molar-refractivity contribution is 9.10. The first-order chi connectivity index (χ1) is 8.04. The van der Waals surface area contributed by atoms with Crippen LogP contribution in [0, 0.1) is 0 Å². The van der Waals surface area contributed by atoms with Crippen LogP contribution >= 0.6 is 15.9 Å². The fourth-order valence-corrected chi connectivity index (χ4v) is 2.23. The first-order valence-corrected chi connectivity index (χ1v) is 6.13. The Morgan fingerprint density at radius 2 is 2.12 bits per heavy atom. The van der Waals surface area contributed by atoms with Gasteiger partial charge in [0.25, 0.3) is 0 Å². The molecular weight excluding hydrogens is 282 g/mol. The number of nitrogens with two attached hydrogens (primary N) is 1. The molecule has 0 spiro atoms. The maximum atomic E-state index is 10.1. The van der Waals surface area contributed by atoms with Crippen molar-refractivity contribution in [2.45, 2.75) is 13.3 Å². The Hall–Kier alpha value is -1.49. The highest BCUT2D eigenvalue weighted by Gasteiger charge is 2.14. The van der Waals surface area contributed by atoms with E-state index in [0.717, 1.165) is 17.5 Å². The maximum Gasteiger partial charge on any atom is 0.137 e. The maximum absolute atomic E-state index is 10.1. The average Bonchev–Trinajstić information content (AvgIpc) is 2.64. The minimum atomic E-state index is 0.196. The second-order valence-electron chi connectivity index (χ2n) is 3.89. The molecule has 2 aromatic rings. The number of benzene rings is 1. The number of rotatable bonds is 2. The van der Waals surface area contributed by atoms with Crippen molar-refractivity contribution >= 4 is 21.7 Å². The lowest BCUT2D eigenvalue weighted by atomic mass is 10.0. The van der Waals surface area contributed by atoms with Gasteiger partial charge < -0.3 is 10.8 Å². The van der Waals surface area contributed by atoms with Gasteiger partial charge in [-0.2, -0.15) is 5.10 Å². The summed E-state index contributed by atoms with van der Waals surface area (Å²) in [4.78, 5) is 0. The molecule has 0 atom stereocenters. The lowest BCUT2D eigenvalue weighted by Crippen LogP contribution is -1.98. The lowest BCUT2D eigenvalue weighted by molar-refractivity contribution is 0.473. The van der Waals surface area contributed by atoms with Gasteiger partial charge in [0.15, 0.2) is 0 Å². The van der Waals surface area contributed by atoms with Crippen LogP contribution < -0.4 is 5.73 Å². The second kappa shape index (κ2) is 4.41. The third-order valence-corrected chi connectivity index (χ3v) is 3.41. The molecule has 1 heterocycles. The van der Waals surface area contributed by atoms with Crippen molar-refractivity contribution in [1.29, 1.82) is 0 Å². The summed E-state index contributed by atoms with van der Waals surface area (Å²) >= 11 is 3.35. The summed E-state index contributed by atoms with van der Waals surface area (Å²) in [6.07, 6.45) is 2.56. The summed E-state index contributed by atoms with van der Waals surface area (Å²) in [5, 5.41) is 14.1. The van der Waals surface area contributed by atoms with Gasteiger partial charge in [0.1, 0.15) is 11.6 Å². The molecule has 0 aliphatic carbocycles. The third kappa shape index (κ3) is 2.02. The van der Waals surface area contributed by atoms with E-state index in [9.17, 15) is 5.11 Å². The number of nitrogen functional groups attached to an aromatic ring is 1. The van der Waals surface area contributed by atoms with Gasteiger partial charge in [0, 0.05) is 18.2 Å². The molecule has 0 amide bonds. The summed E-state index contributed by atoms with van der Waals surface area (Å²) in [6, 6.07) is 3.85. The number of hydrogen-bond donors (Lipinski definition) is 2. The summed E-state index contributed by atoms with van der Waals surface area (Å²) in [5.74, 6) is 0.738. The van der Waals surface area contributed by atoms with Crippen LogP contribution in [0.2, 0.25) is 0 Å². The minimum absolute atomic E-state index is 0.196. The van der Waals surface area contributed by atoms with Gasteiger partial charge in [-0.3, -0.25) is 4.68 Å². The Kier molecular flexibility index (Phi) is 3.11. The molecule has 4 nitrogen and oxygen atoms in total. The van der Waals surface area contributed by atoms with Crippen LogP contribution in [0.3, 0.4) is 0 Å². The van der Waals surface area contributed by atoms with Crippen molar-refractivity contribution in [2.24, 2.45) is 7.05 Å². The molecule has 0 fully saturated rings. The van der Waals surface area contributed by atoms with Crippen LogP contribution in [0.25, 0.3) is 11.1 Å². The van der Waals surface area contributed by atoms with Crippen molar-refractivity contribution in [3.8, 4) is 16.9 Å². The molecule has 0 radical (unpaired) electrons. The molecule has 2 rings (SSSR count). The van der Waals surface area contributed by atoms with E-state index in [4.69, 9.17) is 5.73 Å². The highest BCUT2D eigenvalue weighted by Crippen LogP contribution is 2.38. The predicted molar refractivity (Wildman–Crippen MR) is 71.8 cm³/mol. The van der Waals surface area contributed by atoms with Gasteiger partial charge in [-0.25, -0.2) is 0 Å². The van der Waals surface area contributed by atoms with Crippen LogP contribution in [0.1, 0.15) is 12.5 Å². The topological polar surface area (TPSA) is 64.1 Å². The largest absolute Gasteiger partial charge is 0.506 e. The molecule has 0 aliphatic heterocycles. The number of aryl methyl sites for hydroxylation is 2. The predicted octanol–water partition coefficient (Wildman–Crippen LogP) is 2.70. The second-order valence-corrected chi connectivity index (χ2v) is 4.75. The SMILES string of the molecule is CCc1cc(Br)c(O)c(-c2cnn(C)c2N)c1. The van der Waals surface area contributed by atoms with E-state index >= 15 is 0 Å². The summed E-state index contributed by atoms with van der Waals surface area (Å²) in [5.41, 5.74) is 8.51. The van der Waals surface area contributed by atoms with E-state index in [-0.39, 0.29) is 5.75 Å². The summed E-state index contributed by atoms with van der Waals surface area (Å²) < 4.78 is 2.26. The van der Waals surface area contributed by atoms with E-state index in [1.807, 2.05) is 12.1 Å². The van der Waals surface area contributed by atoms with Crippen LogP contribution in [-0.4, -0.2) is 14.9 Å². The van der Waals surface area contributed by atoms with Gasteiger partial charge in [-0.1, -0.05) is 6.92 Å². The standard InChI is InChI=1S/C12H14BrN3O/c1-3-7-4-8(11(17)10(13)5-7)9-6-15-16(2)12(9)14/h4-6,17H,3,14H2,1-2H3. The molecule has 5 heteroatoms. The zero-order valence-corrected chi connectivity index (χ0v) is 11.3. The van der Waals surface area contributed by atoms with Crippen LogP contribution in [-0.2, 0) is 13.5 Å². The Labute approximate surface area is 108 Å². The number of anilines is 1. The first kappa shape index (κ1) is 12.0. The van der Waals surface area contributed by atoms with E-state index in [0.29, 0.717) is 15.9 Å². The molecular formula is C12H14BrN3O. The van der Waals surface area contributed by atoms with Crippen LogP contribution in [0.15, 0.2) is 22.8 Å². The smallest absolute Gasteiger partial charge is 0.137 e. The molecule has 0 bridgehead atoms. The zero-order valence-electron chi connectivity index (χ0n) is 9.74. The number of aromatic nitrogens is 2. The molecule has 17 heavy (non-hydrogen) atoms. The first-order valence-electron chi connectivity index (χ1n) is 5.33. The monoisotopic (exact) mass is 295 g/mol. The number of nitrogens with zero attached hydrogens (tertiary/aromatic N) is 2. The summed E-state index contributed by atoms with van der Waals surface area (Å²) in [7, 11) is 1.77. The Morgan fingerprint density at radius 1 is 1.41 bits per heavy atom. The number of phenols is 1. The third-order valence-electron chi connectivity index (χ3n) is 2.81. The van der Waals surface area contributed by atoms with Crippen molar-refractivity contribution < 1.29 is 5.11 Å². The van der Waals surface area contributed by atoms with Gasteiger partial charge >= 0.3 is 0 Å². The Bertz CT molecular complexity index is 563. The summed E-state index contributed by atoms with van der Waals surface area (Å²) in [6.45, 7) is 2.06. The molecule has 1 aromatic carbocycles. The van der Waals surface area contributed by atoms with Crippen LogP contribution in [0.4, 0.5) is 5.82 Å². The van der Waals surface area contributed by atoms with Crippen molar-refractivity contribution in [3.63, 3.8) is 0 Å². The normalized spacial score (nSPS) is 10.8. The van der Waals surface area contributed by atoms with Gasteiger partial charge in [0.05, 0.1) is 10.7 Å². The molecule has 0 aliphatic rings. The molecule has 3 N–H and O–H groups in total. The van der Waals surface area contributed by atoms with Gasteiger partial charge in [-0.05, 0) is 40.0 Å². The van der Waals surface area contributed by atoms with Crippen molar-refractivity contribution in [2.75, 3.05) is 5.73 Å². The fourth-order valence-electron chi connectivity index (χ4n) is 1.72. The number of phenolic OH excluding ortho intramolecular Hbond substituents is 1. The number of halogens is 1. The van der Waals surface area contributed by atoms with Crippen molar-refractivity contribution in [1.82, 2.24) is 9.78 Å². The quantitative estimate of drug-likeness (QED) is 0.895. The molecule has 0 saturated heterocycles. The zero-order chi connectivity index (χ0) is 12.6. The highest BCUT2D eigenvalue weighted by atomic mass is 79.9. The van der Waals surface area contributed by atoms with Crippen molar-refractivity contribution in [3.05, 3.63) is 28.4 Å². The van der Waals surface area contributed by atoms with Gasteiger partial charge in [-0.15, -0.1) is 0 Å². The number of aromatic hydroxyl groups is 1. The molecule has 90 valence electrons. The molecule has 0 saturated carbocycles. The minimum Gasteiger partial charge on any atom is -0.506 e. The Balaban J connectivity index is 2.66. The molecule has 1 aromatic heterocycles. The Morgan fingerprint density at radius 3 is 2.65 bits per heavy atom. The number of hydrogen-bond acceptors (Lipinski definition) is 3.